The number of aromatic nitrogens is 2. The van der Waals surface area contributed by atoms with Gasteiger partial charge in [0.05, 0.1) is 22.4 Å². The first kappa shape index (κ1) is 28.8. The number of nitrogens with two attached hydrogens (primary N) is 1. The van der Waals surface area contributed by atoms with Crippen LogP contribution in [0, 0.1) is 6.92 Å². The van der Waals surface area contributed by atoms with Crippen LogP contribution in [0.15, 0.2) is 23.9 Å². The zero-order valence-corrected chi connectivity index (χ0v) is 23.1. The number of allylic oxidation sites excluding steroid dienone is 2. The van der Waals surface area contributed by atoms with Crippen LogP contribution in [0.5, 0.6) is 5.75 Å². The molecule has 0 bridgehead atoms. The highest BCUT2D eigenvalue weighted by Crippen LogP contribution is 2.35. The zero-order valence-electron chi connectivity index (χ0n) is 22.3. The number of nitrogens with one attached hydrogen (secondary N) is 1. The van der Waals surface area contributed by atoms with E-state index in [9.17, 15) is 9.90 Å². The monoisotopic (exact) mass is 531 g/mol. The molecule has 0 unspecified atom stereocenters. The van der Waals surface area contributed by atoms with E-state index in [1.165, 1.54) is 0 Å². The largest absolute Gasteiger partial charge is 0.491 e. The van der Waals surface area contributed by atoms with Crippen LogP contribution in [-0.4, -0.2) is 73.5 Å². The molecule has 0 amide bonds. The van der Waals surface area contributed by atoms with Crippen LogP contribution < -0.4 is 20.7 Å². The topological polar surface area (TPSA) is 123 Å². The minimum absolute atomic E-state index is 0.0847. The number of aliphatic hydroxyl groups excluding tert-OH is 1. The first-order chi connectivity index (χ1) is 17.7. The molecule has 2 aromatic rings. The van der Waals surface area contributed by atoms with Crippen LogP contribution in [0.4, 0.5) is 5.82 Å². The van der Waals surface area contributed by atoms with Gasteiger partial charge in [-0.05, 0) is 51.9 Å². The van der Waals surface area contributed by atoms with Crippen LogP contribution in [0.25, 0.3) is 17.0 Å². The van der Waals surface area contributed by atoms with Gasteiger partial charge in [-0.25, -0.2) is 9.97 Å². The fraction of sp³-hybridized carbons (Fsp3) is 0.519. The number of hydrogen-bond acceptors (Lipinski definition) is 9. The number of ketones is 1. The summed E-state index contributed by atoms with van der Waals surface area (Å²) in [6, 6.07) is 5.20. The third-order valence-corrected chi connectivity index (χ3v) is 6.82. The number of benzene rings is 1. The van der Waals surface area contributed by atoms with Crippen LogP contribution in [0.3, 0.4) is 0 Å². The molecule has 1 aliphatic heterocycles. The van der Waals surface area contributed by atoms with E-state index in [1.54, 1.807) is 46.2 Å². The number of Topliss-reactive ketones (excluding diaryl/α,β-unsaturated/α-hetero) is 1. The summed E-state index contributed by atoms with van der Waals surface area (Å²) in [5, 5.41) is 13.4. The van der Waals surface area contributed by atoms with Crippen molar-refractivity contribution in [3.05, 3.63) is 40.2 Å². The van der Waals surface area contributed by atoms with Crippen LogP contribution in [0.2, 0.25) is 5.02 Å². The molecule has 0 saturated carbocycles. The van der Waals surface area contributed by atoms with Crippen molar-refractivity contribution in [3.8, 4) is 17.1 Å². The van der Waals surface area contributed by atoms with Gasteiger partial charge in [0.15, 0.2) is 11.6 Å². The fourth-order valence-electron chi connectivity index (χ4n) is 4.45. The molecule has 1 fully saturated rings. The van der Waals surface area contributed by atoms with E-state index < -0.39 is 6.10 Å². The number of anilines is 1. The lowest BCUT2D eigenvalue weighted by Gasteiger charge is -2.33. The number of carbonyl (C=O) groups is 1. The number of rotatable bonds is 11. The highest BCUT2D eigenvalue weighted by Gasteiger charge is 2.27. The molecule has 1 saturated heterocycles. The van der Waals surface area contributed by atoms with Gasteiger partial charge >= 0.3 is 0 Å². The second kappa shape index (κ2) is 13.2. The van der Waals surface area contributed by atoms with Crippen LogP contribution >= 0.6 is 11.6 Å². The molecule has 1 aromatic carbocycles. The third kappa shape index (κ3) is 6.98. The van der Waals surface area contributed by atoms with Gasteiger partial charge in [0.1, 0.15) is 24.3 Å². The molecule has 1 aliphatic rings. The van der Waals surface area contributed by atoms with Crippen molar-refractivity contribution in [3.63, 3.8) is 0 Å². The first-order valence-electron chi connectivity index (χ1n) is 12.6. The molecule has 9 nitrogen and oxygen atoms in total. The molecule has 4 N–H and O–H groups in total. The molecule has 0 aliphatic carbocycles. The van der Waals surface area contributed by atoms with Gasteiger partial charge in [-0.1, -0.05) is 18.5 Å². The van der Waals surface area contributed by atoms with E-state index in [1.807, 2.05) is 6.92 Å². The van der Waals surface area contributed by atoms with Crippen molar-refractivity contribution >= 4 is 28.8 Å². The Morgan fingerprint density at radius 3 is 2.62 bits per heavy atom. The minimum Gasteiger partial charge on any atom is -0.491 e. The zero-order chi connectivity index (χ0) is 27.1. The summed E-state index contributed by atoms with van der Waals surface area (Å²) in [6.07, 6.45) is 1.60. The van der Waals surface area contributed by atoms with Crippen molar-refractivity contribution in [2.45, 2.75) is 52.2 Å². The van der Waals surface area contributed by atoms with Crippen molar-refractivity contribution in [2.75, 3.05) is 45.3 Å². The minimum atomic E-state index is -0.659. The molecule has 1 aromatic heterocycles. The number of nitrogens with zero attached hydrogens (tertiary/aromatic N) is 3. The van der Waals surface area contributed by atoms with Crippen molar-refractivity contribution in [1.82, 2.24) is 15.3 Å². The van der Waals surface area contributed by atoms with E-state index >= 15 is 0 Å². The maximum absolute atomic E-state index is 12.9. The summed E-state index contributed by atoms with van der Waals surface area (Å²) >= 11 is 6.61. The van der Waals surface area contributed by atoms with Crippen LogP contribution in [0.1, 0.15) is 44.4 Å². The smallest absolute Gasteiger partial charge is 0.166 e. The summed E-state index contributed by atoms with van der Waals surface area (Å²) in [5.41, 5.74) is 8.88. The number of hydrogen-bond donors (Lipinski definition) is 3. The Balaban J connectivity index is 2.12. The number of likely N-dealkylation sites (N-methyl/N-ethyl adjacent to an activating group) is 1. The first-order valence-corrected chi connectivity index (χ1v) is 13.0. The van der Waals surface area contributed by atoms with E-state index in [0.29, 0.717) is 52.1 Å². The summed E-state index contributed by atoms with van der Waals surface area (Å²) in [4.78, 5) is 24.9. The van der Waals surface area contributed by atoms with Gasteiger partial charge in [-0.2, -0.15) is 0 Å². The van der Waals surface area contributed by atoms with Crippen molar-refractivity contribution in [1.29, 1.82) is 0 Å². The predicted molar refractivity (Wildman–Crippen MR) is 147 cm³/mol. The van der Waals surface area contributed by atoms with Gasteiger partial charge in [-0.15, -0.1) is 0 Å². The molecular weight excluding hydrogens is 494 g/mol. The fourth-order valence-corrected chi connectivity index (χ4v) is 4.65. The summed E-state index contributed by atoms with van der Waals surface area (Å²) < 4.78 is 11.3. The van der Waals surface area contributed by atoms with Gasteiger partial charge in [-0.3, -0.25) is 4.79 Å². The number of methoxy groups -OCH3 is 1. The molecule has 0 radical (unpaired) electrons. The molecule has 10 heteroatoms. The Morgan fingerprint density at radius 2 is 2.03 bits per heavy atom. The van der Waals surface area contributed by atoms with E-state index in [4.69, 9.17) is 36.8 Å². The highest BCUT2D eigenvalue weighted by atomic mass is 35.5. The Morgan fingerprint density at radius 1 is 1.32 bits per heavy atom. The highest BCUT2D eigenvalue weighted by molar-refractivity contribution is 6.33. The lowest BCUT2D eigenvalue weighted by Crippen LogP contribution is -2.37. The average molecular weight is 532 g/mol. The maximum atomic E-state index is 12.9. The average Bonchev–Trinajstić information content (AvgIpc) is 2.89. The predicted octanol–water partition coefficient (Wildman–Crippen LogP) is 3.35. The Kier molecular flexibility index (Phi) is 10.3. The molecule has 202 valence electrons. The van der Waals surface area contributed by atoms with E-state index in [0.717, 1.165) is 37.3 Å². The number of halogens is 1. The molecule has 2 heterocycles. The Bertz CT molecular complexity index is 1130. The number of ether oxygens (including phenoxy) is 2. The summed E-state index contributed by atoms with van der Waals surface area (Å²) in [6.45, 7) is 7.49. The quantitative estimate of drug-likeness (QED) is 0.374. The molecular formula is C27H38ClN5O4. The number of aliphatic hydroxyl groups is 1. The number of carbonyl (C=O) groups excluding carboxylic acids is 1. The van der Waals surface area contributed by atoms with Crippen molar-refractivity contribution in [2.24, 2.45) is 5.73 Å². The van der Waals surface area contributed by atoms with Gasteiger partial charge in [0.25, 0.3) is 0 Å². The SMILES string of the molecule is CCC(=O)C(=C(C)N)c1nc(-c2cc(OC[C@H](O)CNC)ccc2Cl)nc(N2CCC(OC)CC2)c1C. The number of piperidine rings is 1. The molecule has 3 rings (SSSR count). The molecule has 0 spiro atoms. The van der Waals surface area contributed by atoms with Gasteiger partial charge in [0.2, 0.25) is 0 Å². The van der Waals surface area contributed by atoms with E-state index in [-0.39, 0.29) is 18.5 Å². The normalized spacial score (nSPS) is 15.9. The van der Waals surface area contributed by atoms with Crippen molar-refractivity contribution < 1.29 is 19.4 Å². The summed E-state index contributed by atoms with van der Waals surface area (Å²) in [7, 11) is 3.50. The Hall–Kier alpha value is -2.72. The lowest BCUT2D eigenvalue weighted by atomic mass is 9.98. The van der Waals surface area contributed by atoms with E-state index in [2.05, 4.69) is 10.2 Å². The molecule has 37 heavy (non-hydrogen) atoms. The second-order valence-electron chi connectivity index (χ2n) is 9.27. The van der Waals surface area contributed by atoms with Gasteiger partial charge in [0, 0.05) is 50.0 Å². The van der Waals surface area contributed by atoms with Crippen LogP contribution in [-0.2, 0) is 9.53 Å². The third-order valence-electron chi connectivity index (χ3n) is 6.49. The lowest BCUT2D eigenvalue weighted by molar-refractivity contribution is -0.113. The van der Waals surface area contributed by atoms with Gasteiger partial charge < -0.3 is 30.5 Å². The summed E-state index contributed by atoms with van der Waals surface area (Å²) in [5.74, 6) is 1.55. The second-order valence-corrected chi connectivity index (χ2v) is 9.67. The maximum Gasteiger partial charge on any atom is 0.166 e. The standard InChI is InChI=1S/C27H38ClN5O4/c1-6-23(35)24(17(3)29)25-16(2)27(33-11-9-19(36-5)10-12-33)32-26(31-25)21-13-20(7-8-22(21)28)37-15-18(34)14-30-4/h7-8,13,18-19,30,34H,6,9-12,14-15,29H2,1-5H3/t18-/m1/s1. The Labute approximate surface area is 224 Å². The molecule has 1 atom stereocenters.